The number of hydrogen-bond acceptors (Lipinski definition) is 3. The number of nitrogens with zero attached hydrogens (tertiary/aromatic N) is 1. The highest BCUT2D eigenvalue weighted by Gasteiger charge is 2.34. The fourth-order valence-corrected chi connectivity index (χ4v) is 4.88. The lowest BCUT2D eigenvalue weighted by Gasteiger charge is -2.37. The van der Waals surface area contributed by atoms with E-state index in [0.29, 0.717) is 17.7 Å². The maximum Gasteiger partial charge on any atom is 0.573 e. The zero-order valence-corrected chi connectivity index (χ0v) is 21.7. The Morgan fingerprint density at radius 1 is 0.846 bits per heavy atom. The Morgan fingerprint density at radius 3 is 2.08 bits per heavy atom. The van der Waals surface area contributed by atoms with E-state index in [1.54, 1.807) is 18.2 Å². The van der Waals surface area contributed by atoms with Crippen LogP contribution < -0.4 is 4.74 Å². The van der Waals surface area contributed by atoms with Crippen molar-refractivity contribution in [1.29, 1.82) is 0 Å². The third kappa shape index (κ3) is 7.27. The molecule has 1 N–H and O–H groups in total. The maximum atomic E-state index is 13.3. The molecule has 2 atom stereocenters. The predicted octanol–water partition coefficient (Wildman–Crippen LogP) is 8.34. The van der Waals surface area contributed by atoms with Gasteiger partial charge in [-0.3, -0.25) is 9.69 Å². The number of halogens is 3. The molecule has 7 heteroatoms. The molecule has 0 aliphatic rings. The number of aryl methyl sites for hydroxylation is 1. The van der Waals surface area contributed by atoms with Gasteiger partial charge in [0.2, 0.25) is 0 Å². The van der Waals surface area contributed by atoms with Gasteiger partial charge < -0.3 is 9.84 Å². The average Bonchev–Trinajstić information content (AvgIpc) is 2.91. The van der Waals surface area contributed by atoms with Crippen molar-refractivity contribution in [2.24, 2.45) is 0 Å². The molecular weight excluding hydrogens is 503 g/mol. The van der Waals surface area contributed by atoms with Gasteiger partial charge in [0.25, 0.3) is 0 Å². The Hall–Kier alpha value is -4.10. The van der Waals surface area contributed by atoms with Crippen LogP contribution in [0.1, 0.15) is 47.7 Å². The number of rotatable bonds is 10. The van der Waals surface area contributed by atoms with Crippen LogP contribution in [0.5, 0.6) is 5.75 Å². The second kappa shape index (κ2) is 12.2. The summed E-state index contributed by atoms with van der Waals surface area (Å²) < 4.78 is 44.4. The van der Waals surface area contributed by atoms with Gasteiger partial charge >= 0.3 is 12.3 Å². The second-order valence-corrected chi connectivity index (χ2v) is 9.48. The molecule has 202 valence electrons. The molecule has 39 heavy (non-hydrogen) atoms. The molecular formula is C32H30F3NO3. The standard InChI is InChI=1S/C32H30F3NO3/c1-22-11-9-10-16-27(22)28-19-26(17-18-30(28)39-32(33,34)35)29(20-31(37)38)36(21-24-12-5-3-6-13-24)23(2)25-14-7-4-8-15-25/h3-19,23,29H,20-21H2,1-2H3,(H,37,38). The van der Waals surface area contributed by atoms with Gasteiger partial charge in [-0.05, 0) is 53.8 Å². The Labute approximate surface area is 226 Å². The third-order valence-electron chi connectivity index (χ3n) is 6.81. The van der Waals surface area contributed by atoms with Gasteiger partial charge in [0, 0.05) is 24.2 Å². The van der Waals surface area contributed by atoms with Crippen LogP contribution in [-0.4, -0.2) is 22.3 Å². The third-order valence-corrected chi connectivity index (χ3v) is 6.81. The first kappa shape index (κ1) is 27.9. The molecule has 0 aliphatic heterocycles. The monoisotopic (exact) mass is 533 g/mol. The number of aliphatic carboxylic acids is 1. The Kier molecular flexibility index (Phi) is 8.72. The summed E-state index contributed by atoms with van der Waals surface area (Å²) in [7, 11) is 0. The van der Waals surface area contributed by atoms with Crippen molar-refractivity contribution in [2.45, 2.75) is 45.3 Å². The highest BCUT2D eigenvalue weighted by atomic mass is 19.4. The summed E-state index contributed by atoms with van der Waals surface area (Å²) in [5, 5.41) is 9.95. The Balaban J connectivity index is 1.87. The van der Waals surface area contributed by atoms with Crippen molar-refractivity contribution in [3.8, 4) is 16.9 Å². The minimum Gasteiger partial charge on any atom is -0.481 e. The van der Waals surface area contributed by atoms with Crippen molar-refractivity contribution >= 4 is 5.97 Å². The van der Waals surface area contributed by atoms with E-state index in [4.69, 9.17) is 0 Å². The highest BCUT2D eigenvalue weighted by Crippen LogP contribution is 2.41. The fraction of sp³-hybridized carbons (Fsp3) is 0.219. The molecule has 0 aliphatic carbocycles. The van der Waals surface area contributed by atoms with Crippen LogP contribution in [0.15, 0.2) is 103 Å². The smallest absolute Gasteiger partial charge is 0.481 e. The van der Waals surface area contributed by atoms with Crippen LogP contribution in [-0.2, 0) is 11.3 Å². The van der Waals surface area contributed by atoms with E-state index in [-0.39, 0.29) is 23.8 Å². The largest absolute Gasteiger partial charge is 0.573 e. The van der Waals surface area contributed by atoms with Gasteiger partial charge in [-0.15, -0.1) is 13.2 Å². The van der Waals surface area contributed by atoms with Crippen LogP contribution in [0.4, 0.5) is 13.2 Å². The fourth-order valence-electron chi connectivity index (χ4n) is 4.88. The number of carboxylic acid groups (broad SMARTS) is 1. The van der Waals surface area contributed by atoms with Gasteiger partial charge in [0.1, 0.15) is 5.75 Å². The highest BCUT2D eigenvalue weighted by molar-refractivity contribution is 5.75. The van der Waals surface area contributed by atoms with Crippen LogP contribution in [0.3, 0.4) is 0 Å². The molecule has 0 saturated heterocycles. The first-order valence-electron chi connectivity index (χ1n) is 12.6. The van der Waals surface area contributed by atoms with E-state index in [9.17, 15) is 23.1 Å². The molecule has 0 bridgehead atoms. The molecule has 0 heterocycles. The van der Waals surface area contributed by atoms with Crippen LogP contribution in [0.2, 0.25) is 0 Å². The van der Waals surface area contributed by atoms with E-state index in [1.807, 2.05) is 86.6 Å². The minimum atomic E-state index is -4.87. The molecule has 4 aromatic carbocycles. The van der Waals surface area contributed by atoms with Gasteiger partial charge in [0.15, 0.2) is 0 Å². The molecule has 4 nitrogen and oxygen atoms in total. The summed E-state index contributed by atoms with van der Waals surface area (Å²) in [6.45, 7) is 4.26. The Morgan fingerprint density at radius 2 is 1.46 bits per heavy atom. The van der Waals surface area contributed by atoms with Crippen molar-refractivity contribution in [3.05, 3.63) is 125 Å². The van der Waals surface area contributed by atoms with E-state index in [0.717, 1.165) is 16.7 Å². The Bertz CT molecular complexity index is 1390. The van der Waals surface area contributed by atoms with Crippen molar-refractivity contribution in [1.82, 2.24) is 4.90 Å². The van der Waals surface area contributed by atoms with Crippen LogP contribution >= 0.6 is 0 Å². The molecule has 0 spiro atoms. The maximum absolute atomic E-state index is 13.3. The number of hydrogen-bond donors (Lipinski definition) is 1. The van der Waals surface area contributed by atoms with Gasteiger partial charge in [-0.1, -0.05) is 91.0 Å². The number of carboxylic acids is 1. The molecule has 0 fully saturated rings. The summed E-state index contributed by atoms with van der Waals surface area (Å²) in [5.41, 5.74) is 4.19. The van der Waals surface area contributed by atoms with Crippen LogP contribution in [0.25, 0.3) is 11.1 Å². The molecule has 4 aromatic rings. The molecule has 2 unspecified atom stereocenters. The molecule has 0 saturated carbocycles. The SMILES string of the molecule is Cc1ccccc1-c1cc(C(CC(=O)O)N(Cc2ccccc2)C(C)c2ccccc2)ccc1OC(F)(F)F. The first-order valence-corrected chi connectivity index (χ1v) is 12.6. The summed E-state index contributed by atoms with van der Waals surface area (Å²) >= 11 is 0. The van der Waals surface area contributed by atoms with E-state index >= 15 is 0 Å². The average molecular weight is 534 g/mol. The van der Waals surface area contributed by atoms with Crippen molar-refractivity contribution < 1.29 is 27.8 Å². The summed E-state index contributed by atoms with van der Waals surface area (Å²) in [5.74, 6) is -1.34. The van der Waals surface area contributed by atoms with Crippen LogP contribution in [0, 0.1) is 6.92 Å². The van der Waals surface area contributed by atoms with Gasteiger partial charge in [0.05, 0.1) is 6.42 Å². The summed E-state index contributed by atoms with van der Waals surface area (Å²) in [4.78, 5) is 14.2. The van der Waals surface area contributed by atoms with Gasteiger partial charge in [-0.25, -0.2) is 0 Å². The zero-order chi connectivity index (χ0) is 28.0. The number of ether oxygens (including phenoxy) is 1. The quantitative estimate of drug-likeness (QED) is 0.223. The lowest BCUT2D eigenvalue weighted by atomic mass is 9.92. The van der Waals surface area contributed by atoms with E-state index in [1.165, 1.54) is 12.1 Å². The van der Waals surface area contributed by atoms with E-state index < -0.39 is 18.4 Å². The van der Waals surface area contributed by atoms with Gasteiger partial charge in [-0.2, -0.15) is 0 Å². The molecule has 0 amide bonds. The first-order chi connectivity index (χ1) is 18.6. The number of benzene rings is 4. The number of carbonyl (C=O) groups is 1. The summed E-state index contributed by atoms with van der Waals surface area (Å²) in [6, 6.07) is 30.2. The normalized spacial score (nSPS) is 13.2. The second-order valence-electron chi connectivity index (χ2n) is 9.48. The zero-order valence-electron chi connectivity index (χ0n) is 21.7. The number of alkyl halides is 3. The molecule has 4 rings (SSSR count). The van der Waals surface area contributed by atoms with Crippen molar-refractivity contribution in [2.75, 3.05) is 0 Å². The molecule has 0 radical (unpaired) electrons. The predicted molar refractivity (Wildman–Crippen MR) is 145 cm³/mol. The lowest BCUT2D eigenvalue weighted by molar-refractivity contribution is -0.274. The van der Waals surface area contributed by atoms with E-state index in [2.05, 4.69) is 9.64 Å². The van der Waals surface area contributed by atoms with Crippen molar-refractivity contribution in [3.63, 3.8) is 0 Å². The lowest BCUT2D eigenvalue weighted by Crippen LogP contribution is -2.33. The minimum absolute atomic E-state index is 0.191. The topological polar surface area (TPSA) is 49.8 Å². The molecule has 0 aromatic heterocycles. The summed E-state index contributed by atoms with van der Waals surface area (Å²) in [6.07, 6.45) is -5.11.